The highest BCUT2D eigenvalue weighted by Crippen LogP contribution is 2.26. The van der Waals surface area contributed by atoms with E-state index in [1.807, 2.05) is 30.3 Å². The van der Waals surface area contributed by atoms with Crippen molar-refractivity contribution in [2.75, 3.05) is 38.5 Å². The molecule has 164 valence electrons. The summed E-state index contributed by atoms with van der Waals surface area (Å²) in [6, 6.07) is 16.1. The molecule has 1 aliphatic rings. The van der Waals surface area contributed by atoms with Gasteiger partial charge in [0.05, 0.1) is 30.5 Å². The second-order valence-corrected chi connectivity index (χ2v) is 8.83. The monoisotopic (exact) mass is 541 g/mol. The summed E-state index contributed by atoms with van der Waals surface area (Å²) >= 11 is 0. The number of rotatable bonds is 6. The molecule has 2 atom stereocenters. The Labute approximate surface area is 199 Å². The molecule has 0 bridgehead atoms. The topological polar surface area (TPSA) is 53.9 Å². The smallest absolute Gasteiger partial charge is 0.194 e. The Hall–Kier alpha value is -1.45. The van der Waals surface area contributed by atoms with Crippen molar-refractivity contribution in [3.05, 3.63) is 65.2 Å². The molecule has 2 unspecified atom stereocenters. The van der Waals surface area contributed by atoms with Crippen molar-refractivity contribution < 1.29 is 8.95 Å². The van der Waals surface area contributed by atoms with Gasteiger partial charge in [-0.25, -0.2) is 0 Å². The van der Waals surface area contributed by atoms with Gasteiger partial charge in [-0.1, -0.05) is 42.0 Å². The van der Waals surface area contributed by atoms with Crippen LogP contribution in [-0.4, -0.2) is 53.6 Å². The van der Waals surface area contributed by atoms with E-state index in [1.165, 1.54) is 16.7 Å². The van der Waals surface area contributed by atoms with Crippen LogP contribution >= 0.6 is 24.0 Å². The van der Waals surface area contributed by atoms with E-state index in [2.05, 4.69) is 49.2 Å². The van der Waals surface area contributed by atoms with E-state index in [9.17, 15) is 4.21 Å². The van der Waals surface area contributed by atoms with Crippen LogP contribution in [0.3, 0.4) is 0 Å². The zero-order chi connectivity index (χ0) is 20.6. The number of nitrogens with zero attached hydrogens (tertiary/aromatic N) is 2. The maximum absolute atomic E-state index is 12.5. The molecule has 1 heterocycles. The Bertz CT molecular complexity index is 861. The van der Waals surface area contributed by atoms with Crippen LogP contribution in [0.2, 0.25) is 0 Å². The molecule has 1 aliphatic heterocycles. The van der Waals surface area contributed by atoms with Crippen LogP contribution in [0.25, 0.3) is 0 Å². The van der Waals surface area contributed by atoms with Crippen LogP contribution in [0.4, 0.5) is 0 Å². The second-order valence-electron chi connectivity index (χ2n) is 7.26. The molecule has 30 heavy (non-hydrogen) atoms. The Kier molecular flexibility index (Phi) is 10.3. The minimum absolute atomic E-state index is 0. The number of aryl methyl sites for hydroxylation is 2. The molecule has 0 aromatic heterocycles. The zero-order valence-electron chi connectivity index (χ0n) is 18.0. The number of aliphatic imine (C=N–C) groups is 1. The highest BCUT2D eigenvalue weighted by atomic mass is 127. The van der Waals surface area contributed by atoms with Gasteiger partial charge in [-0.05, 0) is 44.0 Å². The number of guanidine groups is 1. The second kappa shape index (κ2) is 12.4. The third kappa shape index (κ3) is 6.78. The van der Waals surface area contributed by atoms with Gasteiger partial charge in [-0.2, -0.15) is 0 Å². The van der Waals surface area contributed by atoms with Crippen LogP contribution in [-0.2, 0) is 15.5 Å². The average Bonchev–Trinajstić information content (AvgIpc) is 2.74. The first kappa shape index (κ1) is 24.8. The third-order valence-corrected chi connectivity index (χ3v) is 6.37. The molecule has 3 rings (SSSR count). The summed E-state index contributed by atoms with van der Waals surface area (Å²) in [5.41, 5.74) is 3.76. The number of halogens is 1. The van der Waals surface area contributed by atoms with Gasteiger partial charge < -0.3 is 15.0 Å². The van der Waals surface area contributed by atoms with E-state index < -0.39 is 10.8 Å². The Morgan fingerprint density at radius 3 is 2.70 bits per heavy atom. The molecule has 1 saturated heterocycles. The standard InChI is InChI=1S/C23H31N3O2S.HI/c1-4-24-23(25-12-15-29(27)20-8-6-5-7-9-20)26-13-14-28-22(17-26)21-11-10-18(2)16-19(21)3;/h5-11,16,22H,4,12-15,17H2,1-3H3,(H,24,25);1H. The van der Waals surface area contributed by atoms with Gasteiger partial charge in [-0.15, -0.1) is 24.0 Å². The number of ether oxygens (including phenoxy) is 1. The van der Waals surface area contributed by atoms with Gasteiger partial charge in [0.15, 0.2) is 5.96 Å². The molecule has 2 aromatic rings. The molecule has 0 amide bonds. The van der Waals surface area contributed by atoms with Gasteiger partial charge in [0.25, 0.3) is 0 Å². The molecule has 5 nitrogen and oxygen atoms in total. The SMILES string of the molecule is CCNC(=NCCS(=O)c1ccccc1)N1CCOC(c2ccc(C)cc2C)C1.I. The summed E-state index contributed by atoms with van der Waals surface area (Å²) in [5.74, 6) is 1.39. The van der Waals surface area contributed by atoms with E-state index in [1.54, 1.807) is 0 Å². The quantitative estimate of drug-likeness (QED) is 0.341. The number of benzene rings is 2. The van der Waals surface area contributed by atoms with Crippen molar-refractivity contribution in [3.63, 3.8) is 0 Å². The highest BCUT2D eigenvalue weighted by molar-refractivity contribution is 14.0. The number of hydrogen-bond donors (Lipinski definition) is 1. The highest BCUT2D eigenvalue weighted by Gasteiger charge is 2.25. The number of nitrogens with one attached hydrogen (secondary N) is 1. The third-order valence-electron chi connectivity index (χ3n) is 5.02. The molecule has 0 radical (unpaired) electrons. The predicted octanol–water partition coefficient (Wildman–Crippen LogP) is 4.07. The Balaban J connectivity index is 0.00000320. The lowest BCUT2D eigenvalue weighted by Crippen LogP contribution is -2.48. The lowest BCUT2D eigenvalue weighted by Gasteiger charge is -2.36. The van der Waals surface area contributed by atoms with Crippen molar-refractivity contribution in [2.45, 2.75) is 31.8 Å². The van der Waals surface area contributed by atoms with Gasteiger partial charge in [0.1, 0.15) is 6.10 Å². The van der Waals surface area contributed by atoms with Gasteiger partial charge >= 0.3 is 0 Å². The van der Waals surface area contributed by atoms with Crippen LogP contribution in [0.5, 0.6) is 0 Å². The summed E-state index contributed by atoms with van der Waals surface area (Å²) < 4.78 is 18.5. The Morgan fingerprint density at radius 2 is 2.00 bits per heavy atom. The zero-order valence-corrected chi connectivity index (χ0v) is 21.1. The first-order valence-corrected chi connectivity index (χ1v) is 11.6. The minimum Gasteiger partial charge on any atom is -0.370 e. The van der Waals surface area contributed by atoms with E-state index in [-0.39, 0.29) is 30.1 Å². The summed E-state index contributed by atoms with van der Waals surface area (Å²) in [4.78, 5) is 7.86. The predicted molar refractivity (Wildman–Crippen MR) is 135 cm³/mol. The van der Waals surface area contributed by atoms with Crippen LogP contribution in [0.1, 0.15) is 29.7 Å². The maximum Gasteiger partial charge on any atom is 0.194 e. The fourth-order valence-electron chi connectivity index (χ4n) is 3.57. The van der Waals surface area contributed by atoms with Crippen molar-refractivity contribution in [1.82, 2.24) is 10.2 Å². The van der Waals surface area contributed by atoms with Crippen molar-refractivity contribution in [3.8, 4) is 0 Å². The van der Waals surface area contributed by atoms with Crippen LogP contribution < -0.4 is 5.32 Å². The summed E-state index contributed by atoms with van der Waals surface area (Å²) in [6.07, 6.45) is 0.0339. The molecule has 0 spiro atoms. The maximum atomic E-state index is 12.5. The largest absolute Gasteiger partial charge is 0.370 e. The number of morpholine rings is 1. The van der Waals surface area contributed by atoms with E-state index in [0.29, 0.717) is 18.9 Å². The molecule has 2 aromatic carbocycles. The summed E-state index contributed by atoms with van der Waals surface area (Å²) in [7, 11) is -1.03. The van der Waals surface area contributed by atoms with E-state index in [4.69, 9.17) is 9.73 Å². The molecular weight excluding hydrogens is 509 g/mol. The van der Waals surface area contributed by atoms with Crippen molar-refractivity contribution in [1.29, 1.82) is 0 Å². The van der Waals surface area contributed by atoms with Crippen LogP contribution in [0.15, 0.2) is 58.4 Å². The molecule has 0 aliphatic carbocycles. The van der Waals surface area contributed by atoms with Gasteiger partial charge in [0.2, 0.25) is 0 Å². The molecule has 7 heteroatoms. The molecule has 1 N–H and O–H groups in total. The summed E-state index contributed by atoms with van der Waals surface area (Å²) in [5, 5.41) is 3.38. The first-order valence-electron chi connectivity index (χ1n) is 10.2. The molecule has 0 saturated carbocycles. The molecule has 1 fully saturated rings. The fraction of sp³-hybridized carbons (Fsp3) is 0.435. The summed E-state index contributed by atoms with van der Waals surface area (Å²) in [6.45, 7) is 9.87. The minimum atomic E-state index is -1.03. The lowest BCUT2D eigenvalue weighted by molar-refractivity contribution is -0.00832. The lowest BCUT2D eigenvalue weighted by atomic mass is 10.00. The van der Waals surface area contributed by atoms with E-state index in [0.717, 1.165) is 30.5 Å². The molecular formula is C23H32IN3O2S. The van der Waals surface area contributed by atoms with E-state index >= 15 is 0 Å². The van der Waals surface area contributed by atoms with Crippen molar-refractivity contribution >= 4 is 40.7 Å². The first-order chi connectivity index (χ1) is 14.1. The van der Waals surface area contributed by atoms with Crippen LogP contribution in [0, 0.1) is 13.8 Å². The van der Waals surface area contributed by atoms with Crippen molar-refractivity contribution in [2.24, 2.45) is 4.99 Å². The average molecular weight is 541 g/mol. The van der Waals surface area contributed by atoms with Gasteiger partial charge in [0, 0.05) is 23.7 Å². The number of hydrogen-bond acceptors (Lipinski definition) is 3. The fourth-order valence-corrected chi connectivity index (χ4v) is 4.52. The normalized spacial score (nSPS) is 17.9. The Morgan fingerprint density at radius 1 is 1.23 bits per heavy atom. The van der Waals surface area contributed by atoms with Gasteiger partial charge in [-0.3, -0.25) is 9.20 Å².